The number of fused-ring (bicyclic) bond motifs is 1. The number of pyridine rings is 1. The average molecular weight is 509 g/mol. The molecule has 0 N–H and O–H groups in total. The van der Waals surface area contributed by atoms with Crippen molar-refractivity contribution in [2.75, 3.05) is 6.61 Å². The van der Waals surface area contributed by atoms with Gasteiger partial charge in [0.15, 0.2) is 5.75 Å². The van der Waals surface area contributed by atoms with Crippen LogP contribution in [0.2, 0.25) is 0 Å². The molecule has 3 aromatic carbocycles. The van der Waals surface area contributed by atoms with Gasteiger partial charge in [0, 0.05) is 11.8 Å². The van der Waals surface area contributed by atoms with E-state index in [2.05, 4.69) is 37.9 Å². The van der Waals surface area contributed by atoms with E-state index in [1.165, 1.54) is 16.9 Å². The average Bonchev–Trinajstić information content (AvgIpc) is 3.31. The predicted octanol–water partition coefficient (Wildman–Crippen LogP) is 7.63. The summed E-state index contributed by atoms with van der Waals surface area (Å²) in [6, 6.07) is 24.3. The highest BCUT2D eigenvalue weighted by Crippen LogP contribution is 2.40. The highest BCUT2D eigenvalue weighted by Gasteiger charge is 2.26. The lowest BCUT2D eigenvalue weighted by molar-refractivity contribution is 0.0520. The van der Waals surface area contributed by atoms with Crippen molar-refractivity contribution in [2.45, 2.75) is 33.8 Å². The van der Waals surface area contributed by atoms with Crippen LogP contribution in [0.3, 0.4) is 0 Å². The molecule has 0 amide bonds. The first-order valence-electron chi connectivity index (χ1n) is 12.3. The van der Waals surface area contributed by atoms with Crippen molar-refractivity contribution < 1.29 is 14.3 Å². The molecule has 186 valence electrons. The molecule has 0 aliphatic carbocycles. The number of carbonyl (C=O) groups is 1. The van der Waals surface area contributed by atoms with Crippen molar-refractivity contribution in [3.05, 3.63) is 112 Å². The normalized spacial score (nSPS) is 11.2. The van der Waals surface area contributed by atoms with Gasteiger partial charge in [-0.1, -0.05) is 89.7 Å². The first-order valence-corrected chi connectivity index (χ1v) is 13.1. The number of esters is 1. The first kappa shape index (κ1) is 24.7. The third-order valence-electron chi connectivity index (χ3n) is 6.21. The number of thiazole rings is 1. The Morgan fingerprint density at radius 1 is 0.919 bits per heavy atom. The van der Waals surface area contributed by atoms with Crippen LogP contribution in [0, 0.1) is 20.8 Å². The molecule has 5 aromatic rings. The molecule has 0 aliphatic rings. The molecular formula is C31H28N2O3S. The van der Waals surface area contributed by atoms with Crippen LogP contribution in [-0.4, -0.2) is 22.5 Å². The fraction of sp³-hybridized carbons (Fsp3) is 0.194. The Labute approximate surface area is 220 Å². The lowest BCUT2D eigenvalue weighted by atomic mass is 10.0. The minimum atomic E-state index is -0.482. The van der Waals surface area contributed by atoms with Gasteiger partial charge in [0.25, 0.3) is 0 Å². The molecular weight excluding hydrogens is 480 g/mol. The molecule has 0 saturated carbocycles. The first-order chi connectivity index (χ1) is 18.0. The third kappa shape index (κ3) is 4.98. The Morgan fingerprint density at radius 2 is 1.51 bits per heavy atom. The third-order valence-corrected chi connectivity index (χ3v) is 7.19. The van der Waals surface area contributed by atoms with E-state index in [1.807, 2.05) is 60.7 Å². The second-order valence-corrected chi connectivity index (χ2v) is 9.96. The number of aryl methyl sites for hydroxylation is 3. The topological polar surface area (TPSA) is 61.3 Å². The second kappa shape index (κ2) is 10.5. The number of ether oxygens (including phenoxy) is 2. The fourth-order valence-corrected chi connectivity index (χ4v) is 5.74. The zero-order valence-electron chi connectivity index (χ0n) is 21.3. The molecule has 0 saturated heterocycles. The van der Waals surface area contributed by atoms with Crippen LogP contribution >= 0.6 is 11.3 Å². The molecule has 5 nitrogen and oxygen atoms in total. The lowest BCUT2D eigenvalue weighted by Crippen LogP contribution is -2.14. The van der Waals surface area contributed by atoms with Crippen molar-refractivity contribution in [3.63, 3.8) is 0 Å². The van der Waals surface area contributed by atoms with Crippen LogP contribution in [0.15, 0.2) is 79.0 Å². The van der Waals surface area contributed by atoms with Gasteiger partial charge in [-0.3, -0.25) is 0 Å². The summed E-state index contributed by atoms with van der Waals surface area (Å²) in [7, 11) is 0. The monoisotopic (exact) mass is 508 g/mol. The number of nitrogens with zero attached hydrogens (tertiary/aromatic N) is 2. The summed E-state index contributed by atoms with van der Waals surface area (Å²) in [6.45, 7) is 8.31. The smallest absolute Gasteiger partial charge is 0.343 e. The van der Waals surface area contributed by atoms with Crippen LogP contribution in [0.5, 0.6) is 5.75 Å². The Kier molecular flexibility index (Phi) is 7.01. The van der Waals surface area contributed by atoms with Gasteiger partial charge in [0.05, 0.1) is 6.61 Å². The number of hydrogen-bond donors (Lipinski definition) is 0. The van der Waals surface area contributed by atoms with Crippen molar-refractivity contribution >= 4 is 27.7 Å². The standard InChI is InChI=1S/C31H28N2O3S/c1-5-35-31(34)24-18-32-30-26(33-29(37-30)25-20(3)16-19(2)17-21(25)4)28(24)36-27(22-12-8-6-9-13-22)23-14-10-7-11-15-23/h6-18,27H,5H2,1-4H3. The van der Waals surface area contributed by atoms with Gasteiger partial charge in [0.2, 0.25) is 0 Å². The molecule has 37 heavy (non-hydrogen) atoms. The van der Waals surface area contributed by atoms with E-state index in [9.17, 15) is 4.79 Å². The highest BCUT2D eigenvalue weighted by atomic mass is 32.1. The Morgan fingerprint density at radius 3 is 2.08 bits per heavy atom. The second-order valence-electron chi connectivity index (χ2n) is 8.99. The van der Waals surface area contributed by atoms with Gasteiger partial charge in [-0.25, -0.2) is 14.8 Å². The summed E-state index contributed by atoms with van der Waals surface area (Å²) >= 11 is 1.50. The molecule has 2 heterocycles. The maximum absolute atomic E-state index is 13.0. The van der Waals surface area contributed by atoms with Crippen molar-refractivity contribution in [3.8, 4) is 16.3 Å². The molecule has 0 radical (unpaired) electrons. The zero-order chi connectivity index (χ0) is 25.9. The molecule has 0 spiro atoms. The summed E-state index contributed by atoms with van der Waals surface area (Å²) in [5, 5.41) is 0.847. The van der Waals surface area contributed by atoms with Gasteiger partial charge in [0.1, 0.15) is 27.0 Å². The minimum Gasteiger partial charge on any atom is -0.478 e. The summed E-state index contributed by atoms with van der Waals surface area (Å²) in [6.07, 6.45) is 1.09. The summed E-state index contributed by atoms with van der Waals surface area (Å²) < 4.78 is 12.1. The minimum absolute atomic E-state index is 0.251. The van der Waals surface area contributed by atoms with E-state index in [4.69, 9.17) is 14.5 Å². The van der Waals surface area contributed by atoms with E-state index in [0.29, 0.717) is 16.1 Å². The van der Waals surface area contributed by atoms with Gasteiger partial charge in [-0.05, 0) is 49.9 Å². The summed E-state index contributed by atoms with van der Waals surface area (Å²) in [5.74, 6) is -0.102. The molecule has 2 aromatic heterocycles. The van der Waals surface area contributed by atoms with Crippen LogP contribution < -0.4 is 4.74 Å². The molecule has 0 atom stereocenters. The number of aromatic nitrogens is 2. The van der Waals surface area contributed by atoms with Crippen LogP contribution in [0.25, 0.3) is 20.9 Å². The largest absolute Gasteiger partial charge is 0.478 e. The summed E-state index contributed by atoms with van der Waals surface area (Å²) in [4.78, 5) is 23.3. The van der Waals surface area contributed by atoms with Gasteiger partial charge in [-0.15, -0.1) is 0 Å². The molecule has 0 aliphatic heterocycles. The molecule has 0 unspecified atom stereocenters. The number of benzene rings is 3. The van der Waals surface area contributed by atoms with E-state index in [-0.39, 0.29) is 12.2 Å². The predicted molar refractivity (Wildman–Crippen MR) is 148 cm³/mol. The fourth-order valence-electron chi connectivity index (χ4n) is 4.66. The highest BCUT2D eigenvalue weighted by molar-refractivity contribution is 7.21. The lowest BCUT2D eigenvalue weighted by Gasteiger charge is -2.21. The summed E-state index contributed by atoms with van der Waals surface area (Å²) in [5.41, 5.74) is 7.35. The van der Waals surface area contributed by atoms with Crippen molar-refractivity contribution in [2.24, 2.45) is 0 Å². The van der Waals surface area contributed by atoms with Gasteiger partial charge >= 0.3 is 5.97 Å². The number of rotatable bonds is 7. The SMILES string of the molecule is CCOC(=O)c1cnc2sc(-c3c(C)cc(C)cc3C)nc2c1OC(c1ccccc1)c1ccccc1. The van der Waals surface area contributed by atoms with Crippen LogP contribution in [-0.2, 0) is 4.74 Å². The van der Waals surface area contributed by atoms with Crippen molar-refractivity contribution in [1.29, 1.82) is 0 Å². The quantitative estimate of drug-likeness (QED) is 0.212. The Bertz CT molecular complexity index is 1500. The van der Waals surface area contributed by atoms with Gasteiger partial charge in [-0.2, -0.15) is 0 Å². The zero-order valence-corrected chi connectivity index (χ0v) is 22.1. The van der Waals surface area contributed by atoms with E-state index in [1.54, 1.807) is 13.1 Å². The number of hydrogen-bond acceptors (Lipinski definition) is 6. The van der Waals surface area contributed by atoms with Crippen molar-refractivity contribution in [1.82, 2.24) is 9.97 Å². The van der Waals surface area contributed by atoms with Gasteiger partial charge < -0.3 is 9.47 Å². The Balaban J connectivity index is 1.71. The maximum atomic E-state index is 13.0. The van der Waals surface area contributed by atoms with Crippen LogP contribution in [0.1, 0.15) is 51.2 Å². The molecule has 0 bridgehead atoms. The van der Waals surface area contributed by atoms with E-state index >= 15 is 0 Å². The van der Waals surface area contributed by atoms with Crippen LogP contribution in [0.4, 0.5) is 0 Å². The van der Waals surface area contributed by atoms with E-state index in [0.717, 1.165) is 32.8 Å². The molecule has 6 heteroatoms. The Hall–Kier alpha value is -4.03. The van der Waals surface area contributed by atoms with E-state index < -0.39 is 12.1 Å². The molecule has 5 rings (SSSR count). The maximum Gasteiger partial charge on any atom is 0.343 e. The number of carbonyl (C=O) groups excluding carboxylic acids is 1. The molecule has 0 fully saturated rings.